The van der Waals surface area contributed by atoms with Crippen LogP contribution in [0.3, 0.4) is 0 Å². The van der Waals surface area contributed by atoms with E-state index in [4.69, 9.17) is 9.73 Å². The van der Waals surface area contributed by atoms with Crippen molar-refractivity contribution in [2.75, 3.05) is 38.1 Å². The summed E-state index contributed by atoms with van der Waals surface area (Å²) in [4.78, 5) is 16.3. The van der Waals surface area contributed by atoms with Crippen LogP contribution in [0.4, 0.5) is 5.69 Å². The van der Waals surface area contributed by atoms with E-state index in [2.05, 4.69) is 34.1 Å². The average molecular weight is 352 g/mol. The third-order valence-corrected chi connectivity index (χ3v) is 4.84. The van der Waals surface area contributed by atoms with Crippen molar-refractivity contribution >= 4 is 22.5 Å². The van der Waals surface area contributed by atoms with Gasteiger partial charge < -0.3 is 14.3 Å². The van der Waals surface area contributed by atoms with Crippen LogP contribution >= 0.6 is 0 Å². The fourth-order valence-electron chi connectivity index (χ4n) is 3.24. The molecule has 2 heterocycles. The molecule has 7 heteroatoms. The predicted molar refractivity (Wildman–Crippen MR) is 98.4 cm³/mol. The van der Waals surface area contributed by atoms with Crippen molar-refractivity contribution in [3.8, 4) is 11.3 Å². The second kappa shape index (κ2) is 6.78. The van der Waals surface area contributed by atoms with Crippen LogP contribution in [0.25, 0.3) is 22.2 Å². The number of likely N-dealkylation sites (N-methyl/N-ethyl adjacent to an activating group) is 1. The van der Waals surface area contributed by atoms with Crippen molar-refractivity contribution in [2.24, 2.45) is 0 Å². The van der Waals surface area contributed by atoms with Crippen LogP contribution in [0, 0.1) is 0 Å². The molecule has 3 aromatic rings. The third kappa shape index (κ3) is 3.02. The van der Waals surface area contributed by atoms with Gasteiger partial charge in [-0.05, 0) is 49.5 Å². The van der Waals surface area contributed by atoms with Gasteiger partial charge in [-0.2, -0.15) is 0 Å². The highest BCUT2D eigenvalue weighted by molar-refractivity contribution is 6.00. The number of hydroxylamine groups is 1. The molecule has 0 atom stereocenters. The number of carbonyl (C=O) groups is 1. The average Bonchev–Trinajstić information content (AvgIpc) is 3.11. The van der Waals surface area contributed by atoms with Gasteiger partial charge in [-0.15, -0.1) is 0 Å². The van der Waals surface area contributed by atoms with Gasteiger partial charge in [0.15, 0.2) is 5.76 Å². The Hall–Kier alpha value is -2.90. The molecule has 1 amide bonds. The van der Waals surface area contributed by atoms with Crippen LogP contribution in [-0.4, -0.2) is 54.4 Å². The van der Waals surface area contributed by atoms with Crippen LogP contribution in [-0.2, 0) is 0 Å². The maximum absolute atomic E-state index is 11.6. The van der Waals surface area contributed by atoms with Crippen molar-refractivity contribution in [2.45, 2.75) is 0 Å². The lowest BCUT2D eigenvalue weighted by Crippen LogP contribution is -2.44. The molecule has 0 unspecified atom stereocenters. The number of rotatable bonds is 3. The minimum absolute atomic E-state index is 0.346. The zero-order valence-corrected chi connectivity index (χ0v) is 14.5. The molecule has 0 spiro atoms. The Morgan fingerprint density at radius 1 is 1.12 bits per heavy atom. The molecule has 134 valence electrons. The smallest absolute Gasteiger partial charge is 0.274 e. The number of aromatic nitrogens is 1. The molecule has 2 aromatic carbocycles. The number of carbonyl (C=O) groups excluding carboxylic acids is 1. The number of amides is 1. The number of hydrogen-bond donors (Lipinski definition) is 2. The first-order chi connectivity index (χ1) is 12.7. The fraction of sp³-hybridized carbons (Fsp3) is 0.263. The quantitative estimate of drug-likeness (QED) is 0.556. The van der Waals surface area contributed by atoms with E-state index in [9.17, 15) is 4.79 Å². The van der Waals surface area contributed by atoms with E-state index in [1.807, 2.05) is 12.1 Å². The van der Waals surface area contributed by atoms with Gasteiger partial charge in [0.2, 0.25) is 0 Å². The largest absolute Gasteiger partial charge is 0.369 e. The molecule has 1 saturated heterocycles. The van der Waals surface area contributed by atoms with Crippen molar-refractivity contribution in [1.82, 2.24) is 15.5 Å². The van der Waals surface area contributed by atoms with Gasteiger partial charge in [-0.1, -0.05) is 5.16 Å². The summed E-state index contributed by atoms with van der Waals surface area (Å²) in [5.74, 6) is 0.0435. The molecule has 4 rings (SSSR count). The molecule has 0 radical (unpaired) electrons. The highest BCUT2D eigenvalue weighted by Crippen LogP contribution is 2.31. The zero-order chi connectivity index (χ0) is 18.1. The highest BCUT2D eigenvalue weighted by Gasteiger charge is 2.16. The molecule has 1 aliphatic rings. The predicted octanol–water partition coefficient (Wildman–Crippen LogP) is 2.37. The van der Waals surface area contributed by atoms with Gasteiger partial charge in [0.25, 0.3) is 5.91 Å². The molecule has 26 heavy (non-hydrogen) atoms. The molecule has 1 aliphatic heterocycles. The van der Waals surface area contributed by atoms with E-state index in [1.165, 1.54) is 5.69 Å². The SMILES string of the molecule is CN1CCN(c2ccc(-c3onc4ccc(C(=O)NO)cc34)cc2)CC1. The van der Waals surface area contributed by atoms with Gasteiger partial charge in [0.05, 0.1) is 5.39 Å². The van der Waals surface area contributed by atoms with Crippen molar-refractivity contribution in [3.05, 3.63) is 48.0 Å². The van der Waals surface area contributed by atoms with E-state index < -0.39 is 5.91 Å². The molecule has 2 N–H and O–H groups in total. The summed E-state index contributed by atoms with van der Waals surface area (Å²) >= 11 is 0. The fourth-order valence-corrected chi connectivity index (χ4v) is 3.24. The van der Waals surface area contributed by atoms with Crippen molar-refractivity contribution in [1.29, 1.82) is 0 Å². The Morgan fingerprint density at radius 2 is 1.85 bits per heavy atom. The van der Waals surface area contributed by atoms with E-state index in [1.54, 1.807) is 23.7 Å². The van der Waals surface area contributed by atoms with E-state index in [0.717, 1.165) is 37.1 Å². The molecular weight excluding hydrogens is 332 g/mol. The van der Waals surface area contributed by atoms with Crippen LogP contribution in [0.1, 0.15) is 10.4 Å². The zero-order valence-electron chi connectivity index (χ0n) is 14.5. The Morgan fingerprint density at radius 3 is 2.54 bits per heavy atom. The number of anilines is 1. The van der Waals surface area contributed by atoms with Gasteiger partial charge in [0, 0.05) is 43.0 Å². The summed E-state index contributed by atoms with van der Waals surface area (Å²) in [6, 6.07) is 13.1. The number of nitrogens with one attached hydrogen (secondary N) is 1. The van der Waals surface area contributed by atoms with E-state index in [-0.39, 0.29) is 0 Å². The number of benzene rings is 2. The lowest BCUT2D eigenvalue weighted by atomic mass is 10.1. The van der Waals surface area contributed by atoms with E-state index in [0.29, 0.717) is 16.8 Å². The minimum Gasteiger partial charge on any atom is -0.369 e. The molecule has 0 aliphatic carbocycles. The number of nitrogens with zero attached hydrogens (tertiary/aromatic N) is 3. The minimum atomic E-state index is -0.565. The molecule has 0 bridgehead atoms. The number of fused-ring (bicyclic) bond motifs is 1. The lowest BCUT2D eigenvalue weighted by Gasteiger charge is -2.34. The van der Waals surface area contributed by atoms with Gasteiger partial charge in [-0.25, -0.2) is 5.48 Å². The van der Waals surface area contributed by atoms with Crippen LogP contribution in [0.5, 0.6) is 0 Å². The summed E-state index contributed by atoms with van der Waals surface area (Å²) in [5, 5.41) is 13.6. The Kier molecular flexibility index (Phi) is 4.32. The Bertz CT molecular complexity index is 928. The maximum Gasteiger partial charge on any atom is 0.274 e. The summed E-state index contributed by atoms with van der Waals surface area (Å²) in [6.07, 6.45) is 0. The lowest BCUT2D eigenvalue weighted by molar-refractivity contribution is 0.0706. The molecule has 7 nitrogen and oxygen atoms in total. The van der Waals surface area contributed by atoms with Gasteiger partial charge in [0.1, 0.15) is 5.52 Å². The van der Waals surface area contributed by atoms with Crippen molar-refractivity contribution in [3.63, 3.8) is 0 Å². The number of piperazine rings is 1. The molecule has 0 saturated carbocycles. The van der Waals surface area contributed by atoms with Crippen LogP contribution in [0.2, 0.25) is 0 Å². The van der Waals surface area contributed by atoms with Gasteiger partial charge in [-0.3, -0.25) is 10.0 Å². The van der Waals surface area contributed by atoms with Gasteiger partial charge >= 0.3 is 0 Å². The molecule has 1 fully saturated rings. The molecular formula is C19H20N4O3. The maximum atomic E-state index is 11.6. The Labute approximate surface area is 150 Å². The van der Waals surface area contributed by atoms with Crippen molar-refractivity contribution < 1.29 is 14.5 Å². The first-order valence-electron chi connectivity index (χ1n) is 8.53. The summed E-state index contributed by atoms with van der Waals surface area (Å²) in [5.41, 5.74) is 4.74. The summed E-state index contributed by atoms with van der Waals surface area (Å²) in [6.45, 7) is 4.15. The Balaban J connectivity index is 1.64. The second-order valence-corrected chi connectivity index (χ2v) is 6.52. The number of hydrogen-bond acceptors (Lipinski definition) is 6. The van der Waals surface area contributed by atoms with Crippen LogP contribution in [0.15, 0.2) is 47.0 Å². The molecule has 1 aromatic heterocycles. The van der Waals surface area contributed by atoms with Crippen LogP contribution < -0.4 is 10.4 Å². The topological polar surface area (TPSA) is 81.8 Å². The summed E-state index contributed by atoms with van der Waals surface area (Å²) < 4.78 is 5.50. The highest BCUT2D eigenvalue weighted by atomic mass is 16.5. The standard InChI is InChI=1S/C19H20N4O3/c1-22-8-10-23(11-9-22)15-5-2-13(3-6-15)18-16-12-14(19(24)20-25)4-7-17(16)21-26-18/h2-7,12,25H,8-11H2,1H3,(H,20,24). The normalized spacial score (nSPS) is 15.4. The monoisotopic (exact) mass is 352 g/mol. The summed E-state index contributed by atoms with van der Waals surface area (Å²) in [7, 11) is 2.14. The third-order valence-electron chi connectivity index (χ3n) is 4.84. The first-order valence-corrected chi connectivity index (χ1v) is 8.53. The van der Waals surface area contributed by atoms with E-state index >= 15 is 0 Å². The first kappa shape index (κ1) is 16.6. The second-order valence-electron chi connectivity index (χ2n) is 6.52.